The molecule has 2 saturated heterocycles. The molecule has 24 heavy (non-hydrogen) atoms. The van der Waals surface area contributed by atoms with Crippen LogP contribution < -0.4 is 5.32 Å². The lowest BCUT2D eigenvalue weighted by molar-refractivity contribution is -0.116. The lowest BCUT2D eigenvalue weighted by atomic mass is 10.2. The molecule has 2 fully saturated rings. The first-order valence-electron chi connectivity index (χ1n) is 8.53. The van der Waals surface area contributed by atoms with Gasteiger partial charge < -0.3 is 10.2 Å². The summed E-state index contributed by atoms with van der Waals surface area (Å²) in [6.45, 7) is 4.32. The Kier molecular flexibility index (Phi) is 5.53. The molecule has 3 rings (SSSR count). The van der Waals surface area contributed by atoms with Crippen LogP contribution in [0.4, 0.5) is 5.69 Å². The molecule has 1 N–H and O–H groups in total. The van der Waals surface area contributed by atoms with Crippen LogP contribution >= 0.6 is 0 Å². The van der Waals surface area contributed by atoms with Gasteiger partial charge in [0.25, 0.3) is 0 Å². The Morgan fingerprint density at radius 1 is 1.12 bits per heavy atom. The van der Waals surface area contributed by atoms with E-state index in [4.69, 9.17) is 0 Å². The van der Waals surface area contributed by atoms with Gasteiger partial charge in [0.2, 0.25) is 5.91 Å². The Morgan fingerprint density at radius 2 is 1.83 bits per heavy atom. The zero-order valence-electron chi connectivity index (χ0n) is 13.9. The SMILES string of the molecule is O=C(CCN1CCN(C2CCS(=O)(=O)C2)CC1)Nc1ccccc1. The fourth-order valence-corrected chi connectivity index (χ4v) is 5.18. The van der Waals surface area contributed by atoms with Gasteiger partial charge in [0.15, 0.2) is 9.84 Å². The average molecular weight is 351 g/mol. The molecule has 0 spiro atoms. The molecular weight excluding hydrogens is 326 g/mol. The van der Waals surface area contributed by atoms with Gasteiger partial charge in [-0.3, -0.25) is 9.69 Å². The number of carbonyl (C=O) groups is 1. The highest BCUT2D eigenvalue weighted by Gasteiger charge is 2.33. The minimum atomic E-state index is -2.82. The number of sulfone groups is 1. The molecule has 132 valence electrons. The highest BCUT2D eigenvalue weighted by molar-refractivity contribution is 7.91. The number of hydrogen-bond donors (Lipinski definition) is 1. The van der Waals surface area contributed by atoms with E-state index in [1.807, 2.05) is 30.3 Å². The second kappa shape index (κ2) is 7.63. The molecule has 1 unspecified atom stereocenters. The van der Waals surface area contributed by atoms with Crippen LogP contribution in [0.25, 0.3) is 0 Å². The normalized spacial score (nSPS) is 24.8. The number of hydrogen-bond acceptors (Lipinski definition) is 5. The number of para-hydroxylation sites is 1. The number of piperazine rings is 1. The van der Waals surface area contributed by atoms with Gasteiger partial charge in [-0.25, -0.2) is 8.42 Å². The van der Waals surface area contributed by atoms with Gasteiger partial charge in [0, 0.05) is 50.9 Å². The molecule has 2 heterocycles. The molecule has 2 aliphatic rings. The van der Waals surface area contributed by atoms with E-state index in [-0.39, 0.29) is 11.9 Å². The fraction of sp³-hybridized carbons (Fsp3) is 0.588. The van der Waals surface area contributed by atoms with Crippen molar-refractivity contribution in [2.45, 2.75) is 18.9 Å². The first-order chi connectivity index (χ1) is 11.5. The predicted molar refractivity (Wildman–Crippen MR) is 94.8 cm³/mol. The van der Waals surface area contributed by atoms with Gasteiger partial charge in [0.1, 0.15) is 0 Å². The minimum Gasteiger partial charge on any atom is -0.326 e. The highest BCUT2D eigenvalue weighted by Crippen LogP contribution is 2.19. The molecule has 0 aliphatic carbocycles. The van der Waals surface area contributed by atoms with E-state index in [1.165, 1.54) is 0 Å². The zero-order valence-corrected chi connectivity index (χ0v) is 14.7. The smallest absolute Gasteiger partial charge is 0.225 e. The van der Waals surface area contributed by atoms with Gasteiger partial charge in [0.05, 0.1) is 11.5 Å². The lowest BCUT2D eigenvalue weighted by Crippen LogP contribution is -2.51. The third-order valence-corrected chi connectivity index (χ3v) is 6.59. The van der Waals surface area contributed by atoms with Crippen molar-refractivity contribution in [2.75, 3.05) is 49.5 Å². The number of nitrogens with one attached hydrogen (secondary N) is 1. The Morgan fingerprint density at radius 3 is 2.46 bits per heavy atom. The van der Waals surface area contributed by atoms with Crippen molar-refractivity contribution in [1.82, 2.24) is 9.80 Å². The molecular formula is C17H25N3O3S. The highest BCUT2D eigenvalue weighted by atomic mass is 32.2. The largest absolute Gasteiger partial charge is 0.326 e. The third-order valence-electron chi connectivity index (χ3n) is 4.84. The van der Waals surface area contributed by atoms with Crippen molar-refractivity contribution < 1.29 is 13.2 Å². The standard InChI is InChI=1S/C17H25N3O3S/c21-17(18-15-4-2-1-3-5-15)6-8-19-9-11-20(12-10-19)16-7-13-24(22,23)14-16/h1-5,16H,6-14H2,(H,18,21). The summed E-state index contributed by atoms with van der Waals surface area (Å²) >= 11 is 0. The molecule has 1 aromatic carbocycles. The van der Waals surface area contributed by atoms with Crippen molar-refractivity contribution >= 4 is 21.4 Å². The Labute approximate surface area is 143 Å². The van der Waals surface area contributed by atoms with E-state index in [0.717, 1.165) is 44.8 Å². The number of carbonyl (C=O) groups excluding carboxylic acids is 1. The van der Waals surface area contributed by atoms with E-state index in [2.05, 4.69) is 15.1 Å². The van der Waals surface area contributed by atoms with Crippen LogP contribution in [0.1, 0.15) is 12.8 Å². The van der Waals surface area contributed by atoms with E-state index >= 15 is 0 Å². The number of nitrogens with zero attached hydrogens (tertiary/aromatic N) is 2. The van der Waals surface area contributed by atoms with Crippen LogP contribution in [-0.4, -0.2) is 74.4 Å². The average Bonchev–Trinajstić information content (AvgIpc) is 2.94. The zero-order chi connectivity index (χ0) is 17.0. The minimum absolute atomic E-state index is 0.0329. The Hall–Kier alpha value is -1.44. The van der Waals surface area contributed by atoms with Crippen LogP contribution in [0, 0.1) is 0 Å². The summed E-state index contributed by atoms with van der Waals surface area (Å²) < 4.78 is 23.2. The van der Waals surface area contributed by atoms with Gasteiger partial charge in [-0.2, -0.15) is 0 Å². The monoisotopic (exact) mass is 351 g/mol. The van der Waals surface area contributed by atoms with E-state index in [0.29, 0.717) is 17.9 Å². The molecule has 1 aromatic rings. The molecule has 0 saturated carbocycles. The number of amides is 1. The summed E-state index contributed by atoms with van der Waals surface area (Å²) in [7, 11) is -2.82. The van der Waals surface area contributed by atoms with E-state index in [1.54, 1.807) is 0 Å². The molecule has 0 radical (unpaired) electrons. The number of rotatable bonds is 5. The summed E-state index contributed by atoms with van der Waals surface area (Å²) in [5.74, 6) is 0.676. The van der Waals surface area contributed by atoms with Crippen molar-refractivity contribution in [3.63, 3.8) is 0 Å². The summed E-state index contributed by atoms with van der Waals surface area (Å²) in [6, 6.07) is 9.68. The molecule has 0 aromatic heterocycles. The van der Waals surface area contributed by atoms with Crippen molar-refractivity contribution in [3.8, 4) is 0 Å². The summed E-state index contributed by atoms with van der Waals surface area (Å²) in [5, 5.41) is 2.90. The first kappa shape index (κ1) is 17.4. The maximum Gasteiger partial charge on any atom is 0.225 e. The fourth-order valence-electron chi connectivity index (χ4n) is 3.42. The van der Waals surface area contributed by atoms with Crippen LogP contribution in [0.15, 0.2) is 30.3 Å². The maximum absolute atomic E-state index is 12.0. The van der Waals surface area contributed by atoms with Gasteiger partial charge in [-0.15, -0.1) is 0 Å². The Bertz CT molecular complexity index is 655. The maximum atomic E-state index is 12.0. The summed E-state index contributed by atoms with van der Waals surface area (Å²) in [4.78, 5) is 16.6. The number of anilines is 1. The van der Waals surface area contributed by atoms with Crippen LogP contribution in [-0.2, 0) is 14.6 Å². The predicted octanol–water partition coefficient (Wildman–Crippen LogP) is 0.820. The molecule has 0 bridgehead atoms. The third kappa shape index (κ3) is 4.78. The summed E-state index contributed by atoms with van der Waals surface area (Å²) in [6.07, 6.45) is 1.24. The molecule has 1 amide bonds. The first-order valence-corrected chi connectivity index (χ1v) is 10.4. The lowest BCUT2D eigenvalue weighted by Gasteiger charge is -2.37. The molecule has 2 aliphatic heterocycles. The van der Waals surface area contributed by atoms with Crippen LogP contribution in [0.5, 0.6) is 0 Å². The van der Waals surface area contributed by atoms with Crippen molar-refractivity contribution in [1.29, 1.82) is 0 Å². The van der Waals surface area contributed by atoms with Gasteiger partial charge in [-0.1, -0.05) is 18.2 Å². The van der Waals surface area contributed by atoms with Crippen molar-refractivity contribution in [2.24, 2.45) is 0 Å². The topological polar surface area (TPSA) is 69.7 Å². The van der Waals surface area contributed by atoms with Crippen LogP contribution in [0.2, 0.25) is 0 Å². The second-order valence-corrected chi connectivity index (χ2v) is 8.83. The second-order valence-electron chi connectivity index (χ2n) is 6.60. The van der Waals surface area contributed by atoms with Gasteiger partial charge >= 0.3 is 0 Å². The van der Waals surface area contributed by atoms with Crippen LogP contribution in [0.3, 0.4) is 0 Å². The molecule has 7 heteroatoms. The van der Waals surface area contributed by atoms with E-state index in [9.17, 15) is 13.2 Å². The molecule has 1 atom stereocenters. The number of benzene rings is 1. The van der Waals surface area contributed by atoms with E-state index < -0.39 is 9.84 Å². The quantitative estimate of drug-likeness (QED) is 0.851. The van der Waals surface area contributed by atoms with Crippen molar-refractivity contribution in [3.05, 3.63) is 30.3 Å². The molecule has 6 nitrogen and oxygen atoms in total. The summed E-state index contributed by atoms with van der Waals surface area (Å²) in [5.41, 5.74) is 0.828. The van der Waals surface area contributed by atoms with Gasteiger partial charge in [-0.05, 0) is 18.6 Å². The Balaban J connectivity index is 1.37.